The second-order valence-corrected chi connectivity index (χ2v) is 13.2. The highest BCUT2D eigenvalue weighted by molar-refractivity contribution is 7.92. The maximum absolute atomic E-state index is 14.3. The predicted molar refractivity (Wildman–Crippen MR) is 171 cm³/mol. The first-order valence-electron chi connectivity index (χ1n) is 14.6. The van der Waals surface area contributed by atoms with E-state index < -0.39 is 50.3 Å². The minimum absolute atomic E-state index is 0.0806. The molecule has 0 unspecified atom stereocenters. The lowest BCUT2D eigenvalue weighted by molar-refractivity contribution is -0.0780. The molecular formula is C35H33N3O6S. The Morgan fingerprint density at radius 3 is 1.80 bits per heavy atom. The average Bonchev–Trinajstić information content (AvgIpc) is 3.39. The fourth-order valence-electron chi connectivity index (χ4n) is 6.04. The van der Waals surface area contributed by atoms with Crippen molar-refractivity contribution < 1.29 is 17.9 Å². The third-order valence-corrected chi connectivity index (χ3v) is 10.5. The van der Waals surface area contributed by atoms with E-state index in [0.717, 1.165) is 32.9 Å². The number of ether oxygens (including phenoxy) is 2. The fraction of sp³-hybridized carbons (Fsp3) is 0.200. The fourth-order valence-corrected chi connectivity index (χ4v) is 7.96. The lowest BCUT2D eigenvalue weighted by Gasteiger charge is -2.37. The number of hydrogen-bond acceptors (Lipinski definition) is 7. The highest BCUT2D eigenvalue weighted by atomic mass is 32.2. The molecule has 6 rings (SSSR count). The van der Waals surface area contributed by atoms with Crippen molar-refractivity contribution in [2.75, 3.05) is 6.61 Å². The first kappa shape index (κ1) is 30.4. The largest absolute Gasteiger partial charge is 0.358 e. The van der Waals surface area contributed by atoms with Gasteiger partial charge in [0.05, 0.1) is 17.5 Å². The van der Waals surface area contributed by atoms with E-state index in [4.69, 9.17) is 15.2 Å². The molecule has 0 spiro atoms. The topological polar surface area (TPSA) is 133 Å². The molecule has 5 aromatic rings. The lowest BCUT2D eigenvalue weighted by Crippen LogP contribution is -2.47. The molecule has 0 saturated carbocycles. The molecule has 1 aliphatic heterocycles. The smallest absolute Gasteiger partial charge is 0.330 e. The molecule has 1 saturated heterocycles. The molecule has 2 heterocycles. The molecule has 4 aromatic carbocycles. The van der Waals surface area contributed by atoms with Crippen LogP contribution in [0.5, 0.6) is 0 Å². The Labute approximate surface area is 260 Å². The normalized spacial score (nSPS) is 20.2. The SMILES string of the molecule is Cc1ccc(S(=O)(=O)[C@@H]2[C@@H](N)[C@H](n3ccc(=O)[nH]c3=O)O[C@@H]2COC(c2ccccc2)(c2ccccc2)c2ccccc2)cc1. The Kier molecular flexibility index (Phi) is 8.39. The van der Waals surface area contributed by atoms with Crippen LogP contribution >= 0.6 is 0 Å². The zero-order chi connectivity index (χ0) is 31.6. The molecule has 45 heavy (non-hydrogen) atoms. The van der Waals surface area contributed by atoms with Crippen LogP contribution in [0.2, 0.25) is 0 Å². The summed E-state index contributed by atoms with van der Waals surface area (Å²) in [7, 11) is -4.09. The van der Waals surface area contributed by atoms with E-state index in [-0.39, 0.29) is 11.5 Å². The Hall–Kier alpha value is -4.61. The summed E-state index contributed by atoms with van der Waals surface area (Å²) in [6, 6.07) is 35.6. The predicted octanol–water partition coefficient (Wildman–Crippen LogP) is 3.92. The summed E-state index contributed by atoms with van der Waals surface area (Å²) in [4.78, 5) is 26.9. The van der Waals surface area contributed by atoms with E-state index in [0.29, 0.717) is 0 Å². The van der Waals surface area contributed by atoms with Crippen molar-refractivity contribution in [1.82, 2.24) is 9.55 Å². The van der Waals surface area contributed by atoms with Gasteiger partial charge in [-0.05, 0) is 35.7 Å². The van der Waals surface area contributed by atoms with Gasteiger partial charge in [-0.1, -0.05) is 109 Å². The number of aromatic amines is 1. The van der Waals surface area contributed by atoms with Gasteiger partial charge in [0, 0.05) is 12.3 Å². The van der Waals surface area contributed by atoms with Crippen molar-refractivity contribution in [2.24, 2.45) is 5.73 Å². The molecule has 1 aromatic heterocycles. The molecule has 0 aliphatic carbocycles. The molecule has 230 valence electrons. The number of benzene rings is 4. The number of nitrogens with one attached hydrogen (secondary N) is 1. The van der Waals surface area contributed by atoms with Gasteiger partial charge in [-0.2, -0.15) is 0 Å². The van der Waals surface area contributed by atoms with Crippen molar-refractivity contribution in [3.05, 3.63) is 171 Å². The summed E-state index contributed by atoms with van der Waals surface area (Å²) < 4.78 is 42.9. The molecule has 9 nitrogen and oxygen atoms in total. The van der Waals surface area contributed by atoms with E-state index in [9.17, 15) is 18.0 Å². The van der Waals surface area contributed by atoms with E-state index in [1.165, 1.54) is 18.3 Å². The van der Waals surface area contributed by atoms with Crippen LogP contribution in [-0.2, 0) is 24.9 Å². The van der Waals surface area contributed by atoms with Crippen molar-refractivity contribution in [3.8, 4) is 0 Å². The maximum atomic E-state index is 14.3. The van der Waals surface area contributed by atoms with Crippen molar-refractivity contribution in [1.29, 1.82) is 0 Å². The van der Waals surface area contributed by atoms with Gasteiger partial charge in [-0.3, -0.25) is 14.3 Å². The van der Waals surface area contributed by atoms with E-state index in [1.807, 2.05) is 97.9 Å². The standard InChI is InChI=1S/C35H33N3O6S/c1-24-17-19-28(20-18-24)45(41,42)32-29(44-33(31(32)36)38-22-21-30(39)37-34(38)40)23-43-35(25-11-5-2-6-12-25,26-13-7-3-8-14-26)27-15-9-4-10-16-27/h2-22,29,31-33H,23,36H2,1H3,(H,37,39,40)/t29-,31-,32+,33-/m1/s1. The summed E-state index contributed by atoms with van der Waals surface area (Å²) in [5.41, 5.74) is 7.55. The molecule has 4 atom stereocenters. The van der Waals surface area contributed by atoms with Crippen molar-refractivity contribution in [2.45, 2.75) is 41.0 Å². The van der Waals surface area contributed by atoms with Crippen LogP contribution in [0.1, 0.15) is 28.5 Å². The Bertz CT molecular complexity index is 1880. The number of rotatable bonds is 9. The number of hydrogen-bond donors (Lipinski definition) is 2. The van der Waals surface area contributed by atoms with Crippen molar-refractivity contribution >= 4 is 9.84 Å². The number of sulfone groups is 1. The molecule has 3 N–H and O–H groups in total. The molecule has 0 amide bonds. The zero-order valence-electron chi connectivity index (χ0n) is 24.5. The van der Waals surface area contributed by atoms with E-state index in [1.54, 1.807) is 12.1 Å². The summed E-state index contributed by atoms with van der Waals surface area (Å²) >= 11 is 0. The Morgan fingerprint density at radius 2 is 1.31 bits per heavy atom. The summed E-state index contributed by atoms with van der Waals surface area (Å²) in [6.45, 7) is 1.67. The Morgan fingerprint density at radius 1 is 0.800 bits per heavy atom. The second-order valence-electron chi connectivity index (χ2n) is 11.1. The number of H-pyrrole nitrogens is 1. The van der Waals surface area contributed by atoms with Crippen LogP contribution < -0.4 is 17.0 Å². The molecule has 0 bridgehead atoms. The van der Waals surface area contributed by atoms with Crippen LogP contribution in [-0.4, -0.2) is 42.0 Å². The number of nitrogens with two attached hydrogens (primary N) is 1. The number of aromatic nitrogens is 2. The molecule has 0 radical (unpaired) electrons. The third kappa shape index (κ3) is 5.69. The minimum Gasteiger partial charge on any atom is -0.358 e. The molecular weight excluding hydrogens is 590 g/mol. The molecule has 1 fully saturated rings. The van der Waals surface area contributed by atoms with Gasteiger partial charge in [0.2, 0.25) is 0 Å². The molecule has 1 aliphatic rings. The second kappa shape index (κ2) is 12.4. The minimum atomic E-state index is -4.09. The summed E-state index contributed by atoms with van der Waals surface area (Å²) in [6.07, 6.45) is -1.02. The van der Waals surface area contributed by atoms with Crippen LogP contribution in [0.4, 0.5) is 0 Å². The average molecular weight is 624 g/mol. The van der Waals surface area contributed by atoms with Gasteiger partial charge in [0.25, 0.3) is 5.56 Å². The maximum Gasteiger partial charge on any atom is 0.330 e. The van der Waals surface area contributed by atoms with Gasteiger partial charge in [-0.25, -0.2) is 13.2 Å². The van der Waals surface area contributed by atoms with Gasteiger partial charge in [-0.15, -0.1) is 0 Å². The highest BCUT2D eigenvalue weighted by Gasteiger charge is 2.52. The van der Waals surface area contributed by atoms with Crippen LogP contribution in [0.3, 0.4) is 0 Å². The first-order chi connectivity index (χ1) is 21.7. The zero-order valence-corrected chi connectivity index (χ0v) is 25.3. The van der Waals surface area contributed by atoms with Crippen LogP contribution in [0, 0.1) is 6.92 Å². The van der Waals surface area contributed by atoms with E-state index in [2.05, 4.69) is 4.98 Å². The summed E-state index contributed by atoms with van der Waals surface area (Å²) in [5.74, 6) is 0. The lowest BCUT2D eigenvalue weighted by atomic mass is 9.80. The highest BCUT2D eigenvalue weighted by Crippen LogP contribution is 2.42. The van der Waals surface area contributed by atoms with Gasteiger partial charge in [0.15, 0.2) is 16.1 Å². The van der Waals surface area contributed by atoms with Gasteiger partial charge >= 0.3 is 5.69 Å². The van der Waals surface area contributed by atoms with Gasteiger partial charge in [0.1, 0.15) is 17.0 Å². The van der Waals surface area contributed by atoms with Gasteiger partial charge < -0.3 is 15.2 Å². The quantitative estimate of drug-likeness (QED) is 0.238. The first-order valence-corrected chi connectivity index (χ1v) is 16.1. The number of nitrogens with zero attached hydrogens (tertiary/aromatic N) is 1. The Balaban J connectivity index is 1.47. The summed E-state index contributed by atoms with van der Waals surface area (Å²) in [5, 5.41) is -1.29. The monoisotopic (exact) mass is 623 g/mol. The van der Waals surface area contributed by atoms with Crippen LogP contribution in [0.15, 0.2) is 142 Å². The molecule has 10 heteroatoms. The number of aryl methyl sites for hydroxylation is 1. The van der Waals surface area contributed by atoms with E-state index >= 15 is 0 Å². The van der Waals surface area contributed by atoms with Crippen molar-refractivity contribution in [3.63, 3.8) is 0 Å². The van der Waals surface area contributed by atoms with Crippen LogP contribution in [0.25, 0.3) is 0 Å². The third-order valence-electron chi connectivity index (χ3n) is 8.23.